The molecule has 0 fully saturated rings. The van der Waals surface area contributed by atoms with E-state index in [1.807, 2.05) is 49.0 Å². The van der Waals surface area contributed by atoms with Gasteiger partial charge in [-0.05, 0) is 57.7 Å². The highest BCUT2D eigenvalue weighted by Crippen LogP contribution is 2.21. The molecule has 0 saturated heterocycles. The largest absolute Gasteiger partial charge is 0.382 e. The van der Waals surface area contributed by atoms with E-state index in [4.69, 9.17) is 5.73 Å². The van der Waals surface area contributed by atoms with E-state index in [1.165, 1.54) is 11.3 Å². The van der Waals surface area contributed by atoms with Crippen LogP contribution in [0, 0.1) is 25.2 Å². The summed E-state index contributed by atoms with van der Waals surface area (Å²) in [6, 6.07) is 12.0. The monoisotopic (exact) mass is 447 g/mol. The van der Waals surface area contributed by atoms with Gasteiger partial charge in [0.05, 0.1) is 17.1 Å². The molecule has 0 aliphatic heterocycles. The summed E-state index contributed by atoms with van der Waals surface area (Å²) in [4.78, 5) is 4.34. The van der Waals surface area contributed by atoms with Crippen LogP contribution >= 0.6 is 0 Å². The number of nitrogens with zero attached hydrogens (tertiary/aromatic N) is 6. The molecule has 3 aromatic rings. The lowest BCUT2D eigenvalue weighted by atomic mass is 10.1. The van der Waals surface area contributed by atoms with Crippen molar-refractivity contribution in [1.82, 2.24) is 30.2 Å². The molecule has 9 heteroatoms. The smallest absolute Gasteiger partial charge is 0.191 e. The molecule has 0 aliphatic carbocycles. The number of nitrogen functional groups attached to an aromatic ring is 1. The van der Waals surface area contributed by atoms with Gasteiger partial charge >= 0.3 is 0 Å². The molecule has 9 nitrogen and oxygen atoms in total. The number of hydrogen-bond donors (Lipinski definition) is 3. The van der Waals surface area contributed by atoms with E-state index in [9.17, 15) is 5.26 Å². The highest BCUT2D eigenvalue weighted by molar-refractivity contribution is 5.79. The molecular formula is C24H33N9. The maximum Gasteiger partial charge on any atom is 0.191 e. The molecule has 0 bridgehead atoms. The van der Waals surface area contributed by atoms with Gasteiger partial charge in [-0.25, -0.2) is 4.68 Å². The zero-order valence-corrected chi connectivity index (χ0v) is 20.1. The number of nitrogens with two attached hydrogens (primary N) is 1. The van der Waals surface area contributed by atoms with Crippen molar-refractivity contribution in [2.45, 2.75) is 46.1 Å². The highest BCUT2D eigenvalue weighted by Gasteiger charge is 2.17. The SMILES string of the molecule is CN=C(NCCCc1nn(-c2ccccc2)c(N)c1C#N)NC(C)Cc1c(C)nn(C)c1C. The second-order valence-electron chi connectivity index (χ2n) is 8.19. The molecule has 0 aliphatic rings. The van der Waals surface area contributed by atoms with E-state index < -0.39 is 0 Å². The van der Waals surface area contributed by atoms with E-state index in [1.54, 1.807) is 11.7 Å². The van der Waals surface area contributed by atoms with Crippen molar-refractivity contribution in [2.24, 2.45) is 12.0 Å². The number of aromatic nitrogens is 4. The molecule has 0 saturated carbocycles. The minimum atomic E-state index is 0.198. The summed E-state index contributed by atoms with van der Waals surface area (Å²) in [6.45, 7) is 6.97. The minimum absolute atomic E-state index is 0.198. The average Bonchev–Trinajstić information content (AvgIpc) is 3.25. The summed E-state index contributed by atoms with van der Waals surface area (Å²) in [7, 11) is 3.73. The van der Waals surface area contributed by atoms with E-state index in [0.717, 1.165) is 30.2 Å². The first-order chi connectivity index (χ1) is 15.8. The lowest BCUT2D eigenvalue weighted by Gasteiger charge is -2.18. The third kappa shape index (κ3) is 5.52. The van der Waals surface area contributed by atoms with Crippen LogP contribution in [0.4, 0.5) is 5.82 Å². The molecule has 174 valence electrons. The van der Waals surface area contributed by atoms with E-state index in [2.05, 4.69) is 45.7 Å². The van der Waals surface area contributed by atoms with Gasteiger partial charge in [0.25, 0.3) is 0 Å². The summed E-state index contributed by atoms with van der Waals surface area (Å²) in [5.41, 5.74) is 11.7. The maximum atomic E-state index is 9.57. The van der Waals surface area contributed by atoms with Gasteiger partial charge in [0, 0.05) is 32.4 Å². The number of hydrogen-bond acceptors (Lipinski definition) is 5. The van der Waals surface area contributed by atoms with Crippen LogP contribution in [0.15, 0.2) is 35.3 Å². The molecule has 2 aromatic heterocycles. The van der Waals surface area contributed by atoms with Gasteiger partial charge in [-0.15, -0.1) is 0 Å². The Labute approximate surface area is 195 Å². The van der Waals surface area contributed by atoms with Crippen LogP contribution in [-0.4, -0.2) is 45.2 Å². The maximum absolute atomic E-state index is 9.57. The molecule has 33 heavy (non-hydrogen) atoms. The van der Waals surface area contributed by atoms with Gasteiger partial charge in [0.1, 0.15) is 17.5 Å². The van der Waals surface area contributed by atoms with Crippen LogP contribution in [0.25, 0.3) is 5.69 Å². The van der Waals surface area contributed by atoms with Crippen molar-refractivity contribution in [1.29, 1.82) is 5.26 Å². The third-order valence-corrected chi connectivity index (χ3v) is 5.76. The number of anilines is 1. The number of benzene rings is 1. The fourth-order valence-electron chi connectivity index (χ4n) is 3.90. The third-order valence-electron chi connectivity index (χ3n) is 5.76. The average molecular weight is 448 g/mol. The summed E-state index contributed by atoms with van der Waals surface area (Å²) >= 11 is 0. The number of aliphatic imine (C=N–C) groups is 1. The van der Waals surface area contributed by atoms with Crippen molar-refractivity contribution in [3.8, 4) is 11.8 Å². The van der Waals surface area contributed by atoms with E-state index in [0.29, 0.717) is 30.0 Å². The lowest BCUT2D eigenvalue weighted by molar-refractivity contribution is 0.630. The standard InChI is InChI=1S/C24H33N9/c1-16(14-20-17(2)30-32(5)18(20)3)29-24(27-4)28-13-9-12-22-21(15-25)23(26)33(31-22)19-10-7-6-8-11-19/h6-8,10-11,16H,9,12-14,26H2,1-5H3,(H2,27,28,29). The van der Waals surface area contributed by atoms with Gasteiger partial charge in [-0.3, -0.25) is 9.67 Å². The first-order valence-electron chi connectivity index (χ1n) is 11.1. The van der Waals surface area contributed by atoms with Gasteiger partial charge < -0.3 is 16.4 Å². The summed E-state index contributed by atoms with van der Waals surface area (Å²) in [6.07, 6.45) is 2.30. The zero-order valence-electron chi connectivity index (χ0n) is 20.1. The predicted molar refractivity (Wildman–Crippen MR) is 131 cm³/mol. The zero-order chi connectivity index (χ0) is 24.0. The Bertz CT molecular complexity index is 1150. The van der Waals surface area contributed by atoms with Gasteiger partial charge in [0.2, 0.25) is 0 Å². The molecule has 3 rings (SSSR count). The van der Waals surface area contributed by atoms with Crippen LogP contribution in [0.3, 0.4) is 0 Å². The Morgan fingerprint density at radius 1 is 1.24 bits per heavy atom. The van der Waals surface area contributed by atoms with Crippen molar-refractivity contribution in [3.63, 3.8) is 0 Å². The van der Waals surface area contributed by atoms with Crippen molar-refractivity contribution in [2.75, 3.05) is 19.3 Å². The van der Waals surface area contributed by atoms with Crippen molar-refractivity contribution >= 4 is 11.8 Å². The number of guanidine groups is 1. The second-order valence-corrected chi connectivity index (χ2v) is 8.19. The number of para-hydroxylation sites is 1. The van der Waals surface area contributed by atoms with Crippen molar-refractivity contribution < 1.29 is 0 Å². The molecule has 2 heterocycles. The lowest BCUT2D eigenvalue weighted by Crippen LogP contribution is -2.43. The summed E-state index contributed by atoms with van der Waals surface area (Å²) in [5, 5.41) is 25.5. The van der Waals surface area contributed by atoms with Gasteiger partial charge in [-0.1, -0.05) is 18.2 Å². The molecule has 0 amide bonds. The van der Waals surface area contributed by atoms with Crippen molar-refractivity contribution in [3.05, 3.63) is 58.5 Å². The normalized spacial score (nSPS) is 12.4. The van der Waals surface area contributed by atoms with Crippen LogP contribution < -0.4 is 16.4 Å². The van der Waals surface area contributed by atoms with E-state index in [-0.39, 0.29) is 6.04 Å². The number of rotatable bonds is 8. The van der Waals surface area contributed by atoms with Crippen LogP contribution in [0.2, 0.25) is 0 Å². The van der Waals surface area contributed by atoms with Crippen LogP contribution in [0.5, 0.6) is 0 Å². The molecule has 1 aromatic carbocycles. The molecule has 0 spiro atoms. The Kier molecular flexibility index (Phi) is 7.72. The number of aryl methyl sites for hydroxylation is 3. The number of nitriles is 1. The summed E-state index contributed by atoms with van der Waals surface area (Å²) < 4.78 is 3.55. The first-order valence-corrected chi connectivity index (χ1v) is 11.1. The Balaban J connectivity index is 1.54. The minimum Gasteiger partial charge on any atom is -0.382 e. The highest BCUT2D eigenvalue weighted by atomic mass is 15.3. The van der Waals surface area contributed by atoms with E-state index >= 15 is 0 Å². The number of nitrogens with one attached hydrogen (secondary N) is 2. The Hall–Kier alpha value is -3.80. The second kappa shape index (κ2) is 10.7. The molecule has 1 atom stereocenters. The molecular weight excluding hydrogens is 414 g/mol. The van der Waals surface area contributed by atoms with Gasteiger partial charge in [0.15, 0.2) is 5.96 Å². The Morgan fingerprint density at radius 3 is 2.58 bits per heavy atom. The van der Waals surface area contributed by atoms with Crippen LogP contribution in [-0.2, 0) is 19.9 Å². The van der Waals surface area contributed by atoms with Crippen LogP contribution in [0.1, 0.15) is 41.6 Å². The fourth-order valence-corrected chi connectivity index (χ4v) is 3.90. The molecule has 0 radical (unpaired) electrons. The Morgan fingerprint density at radius 2 is 1.97 bits per heavy atom. The molecule has 4 N–H and O–H groups in total. The fraction of sp³-hybridized carbons (Fsp3) is 0.417. The van der Waals surface area contributed by atoms with Gasteiger partial charge in [-0.2, -0.15) is 15.5 Å². The topological polar surface area (TPSA) is 122 Å². The summed E-state index contributed by atoms with van der Waals surface area (Å²) in [5.74, 6) is 1.12. The first kappa shape index (κ1) is 23.9. The quantitative estimate of drug-likeness (QED) is 0.277. The predicted octanol–water partition coefficient (Wildman–Crippen LogP) is 2.41. The molecule has 1 unspecified atom stereocenters.